The van der Waals surface area contributed by atoms with E-state index in [-0.39, 0.29) is 24.9 Å². The smallest absolute Gasteiger partial charge is 0.142 e. The van der Waals surface area contributed by atoms with E-state index >= 15 is 13.2 Å². The Morgan fingerprint density at radius 2 is 1.86 bits per heavy atom. The quantitative estimate of drug-likeness (QED) is 0.205. The van der Waals surface area contributed by atoms with Gasteiger partial charge in [-0.05, 0) is 98.4 Å². The summed E-state index contributed by atoms with van der Waals surface area (Å²) in [6, 6.07) is 5.59. The molecular weight excluding hydrogens is 598 g/mol. The number of hydrogen-bond acceptors (Lipinski definition) is 3. The number of halogens is 4. The highest BCUT2D eigenvalue weighted by Gasteiger charge is 2.42. The summed E-state index contributed by atoms with van der Waals surface area (Å²) < 4.78 is 54.7. The second kappa shape index (κ2) is 10.5. The molecule has 2 aromatic heterocycles. The van der Waals surface area contributed by atoms with Gasteiger partial charge in [-0.3, -0.25) is 4.90 Å². The van der Waals surface area contributed by atoms with Gasteiger partial charge in [-0.15, -0.1) is 0 Å². The van der Waals surface area contributed by atoms with E-state index in [0.29, 0.717) is 16.6 Å². The van der Waals surface area contributed by atoms with Crippen LogP contribution in [0.25, 0.3) is 11.0 Å². The summed E-state index contributed by atoms with van der Waals surface area (Å²) in [6.07, 6.45) is 9.05. The van der Waals surface area contributed by atoms with E-state index < -0.39 is 33.4 Å². The summed E-state index contributed by atoms with van der Waals surface area (Å²) in [4.78, 5) is 6.53. The first-order valence-electron chi connectivity index (χ1n) is 12.1. The van der Waals surface area contributed by atoms with Crippen LogP contribution in [0.2, 0.25) is 0 Å². The van der Waals surface area contributed by atoms with Crippen molar-refractivity contribution in [2.75, 3.05) is 37.7 Å². The van der Waals surface area contributed by atoms with Gasteiger partial charge in [0.1, 0.15) is 29.7 Å². The lowest BCUT2D eigenvalue weighted by Crippen LogP contribution is -2.48. The molecule has 3 aromatic rings. The summed E-state index contributed by atoms with van der Waals surface area (Å²) in [5.41, 5.74) is 0.826. The van der Waals surface area contributed by atoms with Gasteiger partial charge in [-0.1, -0.05) is 0 Å². The number of ether oxygens (including phenoxy) is 1. The van der Waals surface area contributed by atoms with Crippen molar-refractivity contribution in [1.82, 2.24) is 14.5 Å². The van der Waals surface area contributed by atoms with Gasteiger partial charge >= 0.3 is 0 Å². The van der Waals surface area contributed by atoms with Crippen molar-refractivity contribution in [3.05, 3.63) is 62.5 Å². The molecule has 198 valence electrons. The first kappa shape index (κ1) is 27.7. The largest absolute Gasteiger partial charge is 0.360 e. The summed E-state index contributed by atoms with van der Waals surface area (Å²) in [6.45, 7) is 5.82. The fourth-order valence-electron chi connectivity index (χ4n) is 5.01. The van der Waals surface area contributed by atoms with Crippen molar-refractivity contribution in [3.63, 3.8) is 0 Å². The van der Waals surface area contributed by atoms with Crippen LogP contribution in [-0.2, 0) is 17.9 Å². The number of nitrogens with zero attached hydrogens (tertiary/aromatic N) is 3. The molecule has 4 nitrogen and oxygen atoms in total. The van der Waals surface area contributed by atoms with Crippen molar-refractivity contribution >= 4 is 43.7 Å². The second-order valence-corrected chi connectivity index (χ2v) is 17.0. The number of fused-ring (bicyclic) bond motifs is 3. The average molecular weight is 634 g/mol. The minimum Gasteiger partial charge on any atom is -0.360 e. The topological polar surface area (TPSA) is 30.3 Å². The molecule has 0 saturated heterocycles. The van der Waals surface area contributed by atoms with Crippen LogP contribution >= 0.6 is 32.6 Å². The van der Waals surface area contributed by atoms with Crippen molar-refractivity contribution in [3.8, 4) is 0 Å². The Morgan fingerprint density at radius 3 is 2.47 bits per heavy atom. The zero-order chi connectivity index (χ0) is 26.4. The van der Waals surface area contributed by atoms with E-state index in [9.17, 15) is 0 Å². The number of aromatic nitrogens is 2. The molecule has 2 atom stereocenters. The third-order valence-corrected chi connectivity index (χ3v) is 8.57. The van der Waals surface area contributed by atoms with Crippen LogP contribution in [0.4, 0.5) is 13.2 Å². The molecule has 0 bridgehead atoms. The normalized spacial score (nSPS) is 19.6. The highest BCUT2D eigenvalue weighted by atomic mass is 127. The molecule has 36 heavy (non-hydrogen) atoms. The summed E-state index contributed by atoms with van der Waals surface area (Å²) >= 11 is 1.91. The molecule has 3 heterocycles. The average Bonchev–Trinajstić information content (AvgIpc) is 3.04. The first-order chi connectivity index (χ1) is 16.8. The highest BCUT2D eigenvalue weighted by Crippen LogP contribution is 2.45. The third-order valence-electron chi connectivity index (χ3n) is 6.56. The van der Waals surface area contributed by atoms with Crippen LogP contribution in [-0.4, -0.2) is 63.8 Å². The van der Waals surface area contributed by atoms with Crippen LogP contribution in [0.15, 0.2) is 30.5 Å². The summed E-state index contributed by atoms with van der Waals surface area (Å²) in [5.74, 6) is -0.313. The Morgan fingerprint density at radius 1 is 1.19 bits per heavy atom. The van der Waals surface area contributed by atoms with Gasteiger partial charge in [0.05, 0.1) is 12.6 Å². The lowest BCUT2D eigenvalue weighted by Gasteiger charge is -2.43. The fraction of sp³-hybridized carbons (Fsp3) is 0.519. The number of pyridine rings is 1. The predicted molar refractivity (Wildman–Crippen MR) is 152 cm³/mol. The number of rotatable bonds is 8. The molecule has 4 rings (SSSR count). The Balaban J connectivity index is 1.92. The molecule has 0 radical (unpaired) electrons. The molecule has 1 aromatic carbocycles. The Hall–Kier alpha value is -1.30. The van der Waals surface area contributed by atoms with E-state index in [0.717, 1.165) is 28.0 Å². The van der Waals surface area contributed by atoms with Crippen molar-refractivity contribution in [2.45, 2.75) is 51.7 Å². The molecule has 0 amide bonds. The van der Waals surface area contributed by atoms with E-state index in [4.69, 9.17) is 4.74 Å². The summed E-state index contributed by atoms with van der Waals surface area (Å²) in [5, 5.41) is 0.944. The number of benzene rings is 1. The molecule has 0 N–H and O–H groups in total. The maximum Gasteiger partial charge on any atom is 0.142 e. The highest BCUT2D eigenvalue weighted by molar-refractivity contribution is 14.1. The molecule has 0 aliphatic carbocycles. The van der Waals surface area contributed by atoms with Crippen molar-refractivity contribution in [2.24, 2.45) is 0 Å². The minimum atomic E-state index is -1.55. The fourth-order valence-corrected chi connectivity index (χ4v) is 6.17. The van der Waals surface area contributed by atoms with Gasteiger partial charge in [0, 0.05) is 44.8 Å². The Bertz CT molecular complexity index is 1230. The third kappa shape index (κ3) is 5.89. The molecule has 1 aliphatic heterocycles. The number of alkyl halides is 1. The van der Waals surface area contributed by atoms with Crippen LogP contribution < -0.4 is 0 Å². The van der Waals surface area contributed by atoms with Crippen molar-refractivity contribution in [1.29, 1.82) is 0 Å². The SMILES string of the molecule is CC1Cc2c(n(COCCS(C)(C)C)c3ncccc23)C(c2c(F)cc(I)cc2F)N1CC(C)(C)F. The van der Waals surface area contributed by atoms with Crippen LogP contribution in [0.5, 0.6) is 0 Å². The Kier molecular flexibility index (Phi) is 8.05. The van der Waals surface area contributed by atoms with Crippen LogP contribution in [0, 0.1) is 15.2 Å². The summed E-state index contributed by atoms with van der Waals surface area (Å²) in [7, 11) is -0.730. The lowest BCUT2D eigenvalue weighted by atomic mass is 9.87. The van der Waals surface area contributed by atoms with Gasteiger partial charge in [-0.2, -0.15) is 0 Å². The van der Waals surface area contributed by atoms with Gasteiger partial charge in [-0.25, -0.2) is 28.2 Å². The molecule has 0 saturated carbocycles. The van der Waals surface area contributed by atoms with Crippen LogP contribution in [0.3, 0.4) is 0 Å². The van der Waals surface area contributed by atoms with E-state index in [2.05, 4.69) is 23.8 Å². The lowest BCUT2D eigenvalue weighted by molar-refractivity contribution is 0.0529. The molecule has 9 heteroatoms. The van der Waals surface area contributed by atoms with E-state index in [1.54, 1.807) is 6.20 Å². The van der Waals surface area contributed by atoms with E-state index in [1.807, 2.05) is 51.1 Å². The van der Waals surface area contributed by atoms with Crippen LogP contribution in [0.1, 0.15) is 43.6 Å². The number of hydrogen-bond donors (Lipinski definition) is 0. The Labute approximate surface area is 227 Å². The zero-order valence-electron chi connectivity index (χ0n) is 21.7. The molecular formula is C27H35F3IN3OS. The minimum absolute atomic E-state index is 0.0341. The van der Waals surface area contributed by atoms with Gasteiger partial charge in [0.25, 0.3) is 0 Å². The maximum absolute atomic E-state index is 15.5. The predicted octanol–water partition coefficient (Wildman–Crippen LogP) is 6.67. The maximum atomic E-state index is 15.5. The van der Waals surface area contributed by atoms with Crippen molar-refractivity contribution < 1.29 is 17.9 Å². The zero-order valence-corrected chi connectivity index (χ0v) is 24.7. The monoisotopic (exact) mass is 633 g/mol. The standard InChI is InChI=1S/C27H35F3IN3OS/c1-17-12-20-19-8-7-9-32-26(19)34(16-35-10-11-36(4,5)6)24(20)25(33(17)15-27(2,3)30)23-21(28)13-18(31)14-22(23)29/h7-9,13-14,17,25H,10-12,15-16H2,1-6H3. The molecule has 2 unspecified atom stereocenters. The molecule has 0 fully saturated rings. The molecule has 1 aliphatic rings. The van der Waals surface area contributed by atoms with Gasteiger partial charge < -0.3 is 9.30 Å². The van der Waals surface area contributed by atoms with Gasteiger partial charge in [0.2, 0.25) is 0 Å². The first-order valence-corrected chi connectivity index (χ1v) is 16.2. The van der Waals surface area contributed by atoms with E-state index in [1.165, 1.54) is 26.0 Å². The molecule has 0 spiro atoms. The van der Waals surface area contributed by atoms with Gasteiger partial charge in [0.15, 0.2) is 0 Å². The second-order valence-electron chi connectivity index (χ2n) is 11.1.